The summed E-state index contributed by atoms with van der Waals surface area (Å²) < 4.78 is 22.4. The Bertz CT molecular complexity index is 879. The van der Waals surface area contributed by atoms with Gasteiger partial charge in [-0.05, 0) is 69.7 Å². The molecule has 8 nitrogen and oxygen atoms in total. The zero-order valence-corrected chi connectivity index (χ0v) is 20.9. The molecule has 1 aromatic carbocycles. The fourth-order valence-corrected chi connectivity index (χ4v) is 4.73. The SMILES string of the molecule is COCCCOc1ccc2c(c1)C(N(C(=O)[C@H]1CN(C(=O)OC(C)(C)C)CCO1)C1CC1)CC2. The van der Waals surface area contributed by atoms with E-state index in [4.69, 9.17) is 18.9 Å². The Labute approximate surface area is 202 Å². The number of carbonyl (C=O) groups excluding carboxylic acids is 2. The zero-order chi connectivity index (χ0) is 24.3. The molecule has 1 aliphatic heterocycles. The second-order valence-corrected chi connectivity index (χ2v) is 10.4. The van der Waals surface area contributed by atoms with Crippen molar-refractivity contribution in [1.29, 1.82) is 0 Å². The summed E-state index contributed by atoms with van der Waals surface area (Å²) in [7, 11) is 1.69. The monoisotopic (exact) mass is 474 g/mol. The minimum absolute atomic E-state index is 0.0121. The van der Waals surface area contributed by atoms with Gasteiger partial charge in [-0.2, -0.15) is 0 Å². The smallest absolute Gasteiger partial charge is 0.410 e. The summed E-state index contributed by atoms with van der Waals surface area (Å²) in [6, 6.07) is 6.48. The molecule has 3 aliphatic rings. The van der Waals surface area contributed by atoms with Gasteiger partial charge in [-0.3, -0.25) is 4.79 Å². The van der Waals surface area contributed by atoms with Crippen LogP contribution >= 0.6 is 0 Å². The molecule has 0 N–H and O–H groups in total. The molecular formula is C26H38N2O6. The van der Waals surface area contributed by atoms with Gasteiger partial charge in [-0.1, -0.05) is 6.07 Å². The number of morpholine rings is 1. The van der Waals surface area contributed by atoms with Gasteiger partial charge in [0.2, 0.25) is 0 Å². The van der Waals surface area contributed by atoms with Crippen LogP contribution in [0.3, 0.4) is 0 Å². The predicted molar refractivity (Wildman–Crippen MR) is 127 cm³/mol. The molecule has 0 spiro atoms. The van der Waals surface area contributed by atoms with Gasteiger partial charge in [0.15, 0.2) is 6.10 Å². The lowest BCUT2D eigenvalue weighted by Gasteiger charge is -2.38. The first-order chi connectivity index (χ1) is 16.3. The maximum absolute atomic E-state index is 13.7. The van der Waals surface area contributed by atoms with Gasteiger partial charge in [0.05, 0.1) is 25.8 Å². The van der Waals surface area contributed by atoms with Crippen LogP contribution in [-0.2, 0) is 25.4 Å². The number of carbonyl (C=O) groups is 2. The number of fused-ring (bicyclic) bond motifs is 1. The molecule has 2 aliphatic carbocycles. The highest BCUT2D eigenvalue weighted by Gasteiger charge is 2.44. The first kappa shape index (κ1) is 24.8. The maximum atomic E-state index is 13.7. The van der Waals surface area contributed by atoms with Crippen molar-refractivity contribution in [1.82, 2.24) is 9.80 Å². The van der Waals surface area contributed by atoms with Gasteiger partial charge in [-0.15, -0.1) is 0 Å². The Balaban J connectivity index is 1.46. The van der Waals surface area contributed by atoms with Crippen LogP contribution in [-0.4, -0.2) is 79.6 Å². The summed E-state index contributed by atoms with van der Waals surface area (Å²) in [5.74, 6) is 0.801. The molecule has 1 aromatic rings. The molecule has 4 rings (SSSR count). The Morgan fingerprint density at radius 1 is 1.18 bits per heavy atom. The third-order valence-corrected chi connectivity index (χ3v) is 6.45. The third kappa shape index (κ3) is 6.02. The zero-order valence-electron chi connectivity index (χ0n) is 20.9. The standard InChI is InChI=1S/C26H38N2O6/c1-26(2,3)34-25(30)27-12-15-33-23(17-27)24(29)28(19-8-9-19)22-11-7-18-6-10-20(16-21(18)22)32-14-5-13-31-4/h6,10,16,19,22-23H,5,7-9,11-15,17H2,1-4H3/t22?,23-/m1/s1. The number of hydrogen-bond acceptors (Lipinski definition) is 6. The molecule has 2 atom stereocenters. The first-order valence-corrected chi connectivity index (χ1v) is 12.4. The van der Waals surface area contributed by atoms with E-state index in [1.807, 2.05) is 31.7 Å². The molecule has 2 amide bonds. The first-order valence-electron chi connectivity index (χ1n) is 12.4. The van der Waals surface area contributed by atoms with Crippen LogP contribution in [0.4, 0.5) is 4.79 Å². The molecule has 8 heteroatoms. The lowest BCUT2D eigenvalue weighted by molar-refractivity contribution is -0.152. The van der Waals surface area contributed by atoms with Crippen LogP contribution in [0, 0.1) is 0 Å². The van der Waals surface area contributed by atoms with Gasteiger partial charge in [0.25, 0.3) is 5.91 Å². The van der Waals surface area contributed by atoms with Crippen molar-refractivity contribution in [3.63, 3.8) is 0 Å². The Hall–Kier alpha value is -2.32. The van der Waals surface area contributed by atoms with Crippen molar-refractivity contribution in [3.05, 3.63) is 29.3 Å². The van der Waals surface area contributed by atoms with Crippen LogP contribution in [0.15, 0.2) is 18.2 Å². The average molecular weight is 475 g/mol. The highest BCUT2D eigenvalue weighted by atomic mass is 16.6. The van der Waals surface area contributed by atoms with Gasteiger partial charge in [0.1, 0.15) is 11.4 Å². The van der Waals surface area contributed by atoms with Crippen LogP contribution in [0.25, 0.3) is 0 Å². The number of rotatable bonds is 8. The molecule has 1 heterocycles. The van der Waals surface area contributed by atoms with Crippen molar-refractivity contribution in [2.45, 2.75) is 76.7 Å². The maximum Gasteiger partial charge on any atom is 0.410 e. The highest BCUT2D eigenvalue weighted by molar-refractivity contribution is 5.83. The average Bonchev–Trinajstić information content (AvgIpc) is 3.55. The second-order valence-electron chi connectivity index (χ2n) is 10.4. The van der Waals surface area contributed by atoms with E-state index in [2.05, 4.69) is 12.1 Å². The number of nitrogens with zero attached hydrogens (tertiary/aromatic N) is 2. The molecule has 0 radical (unpaired) electrons. The molecular weight excluding hydrogens is 436 g/mol. The fraction of sp³-hybridized carbons (Fsp3) is 0.692. The van der Waals surface area contributed by atoms with Gasteiger partial charge < -0.3 is 28.7 Å². The van der Waals surface area contributed by atoms with Gasteiger partial charge >= 0.3 is 6.09 Å². The number of aryl methyl sites for hydroxylation is 1. The number of amides is 2. The van der Waals surface area contributed by atoms with E-state index in [-0.39, 0.29) is 24.5 Å². The predicted octanol–water partition coefficient (Wildman–Crippen LogP) is 3.72. The van der Waals surface area contributed by atoms with E-state index in [1.54, 1.807) is 12.0 Å². The topological polar surface area (TPSA) is 77.5 Å². The largest absolute Gasteiger partial charge is 0.493 e. The molecule has 1 saturated heterocycles. The van der Waals surface area contributed by atoms with E-state index in [1.165, 1.54) is 11.1 Å². The highest BCUT2D eigenvalue weighted by Crippen LogP contribution is 2.43. The van der Waals surface area contributed by atoms with Crippen molar-refractivity contribution < 1.29 is 28.5 Å². The minimum Gasteiger partial charge on any atom is -0.493 e. The van der Waals surface area contributed by atoms with E-state index in [0.29, 0.717) is 26.4 Å². The van der Waals surface area contributed by atoms with Crippen LogP contribution < -0.4 is 4.74 Å². The molecule has 34 heavy (non-hydrogen) atoms. The summed E-state index contributed by atoms with van der Waals surface area (Å²) in [5, 5.41) is 0. The Morgan fingerprint density at radius 2 is 1.97 bits per heavy atom. The summed E-state index contributed by atoms with van der Waals surface area (Å²) >= 11 is 0. The molecule has 1 unspecified atom stereocenters. The van der Waals surface area contributed by atoms with Crippen LogP contribution in [0.5, 0.6) is 5.75 Å². The number of ether oxygens (including phenoxy) is 4. The number of methoxy groups -OCH3 is 1. The summed E-state index contributed by atoms with van der Waals surface area (Å²) in [6.07, 6.45) is 3.62. The molecule has 1 saturated carbocycles. The molecule has 0 bridgehead atoms. The lowest BCUT2D eigenvalue weighted by atomic mass is 10.0. The second kappa shape index (κ2) is 10.5. The van der Waals surface area contributed by atoms with Crippen molar-refractivity contribution >= 4 is 12.0 Å². The van der Waals surface area contributed by atoms with E-state index in [9.17, 15) is 9.59 Å². The molecule has 0 aromatic heterocycles. The Kier molecular flexibility index (Phi) is 7.67. The van der Waals surface area contributed by atoms with Crippen LogP contribution in [0.2, 0.25) is 0 Å². The third-order valence-electron chi connectivity index (χ3n) is 6.45. The quantitative estimate of drug-likeness (QED) is 0.535. The van der Waals surface area contributed by atoms with Gasteiger partial charge in [0, 0.05) is 32.7 Å². The minimum atomic E-state index is -0.667. The van der Waals surface area contributed by atoms with Crippen molar-refractivity contribution in [2.75, 3.05) is 40.0 Å². The van der Waals surface area contributed by atoms with E-state index >= 15 is 0 Å². The Morgan fingerprint density at radius 3 is 2.68 bits per heavy atom. The summed E-state index contributed by atoms with van der Waals surface area (Å²) in [6.45, 7) is 7.77. The lowest BCUT2D eigenvalue weighted by Crippen LogP contribution is -2.54. The van der Waals surface area contributed by atoms with Crippen molar-refractivity contribution in [3.8, 4) is 5.75 Å². The van der Waals surface area contributed by atoms with Gasteiger partial charge in [-0.25, -0.2) is 4.79 Å². The summed E-state index contributed by atoms with van der Waals surface area (Å²) in [5.41, 5.74) is 1.86. The normalized spacial score (nSPS) is 22.3. The number of benzene rings is 1. The van der Waals surface area contributed by atoms with E-state index < -0.39 is 17.8 Å². The van der Waals surface area contributed by atoms with Crippen molar-refractivity contribution in [2.24, 2.45) is 0 Å². The molecule has 188 valence electrons. The van der Waals surface area contributed by atoms with Crippen LogP contribution in [0.1, 0.15) is 63.6 Å². The molecule has 2 fully saturated rings. The summed E-state index contributed by atoms with van der Waals surface area (Å²) in [4.78, 5) is 29.9. The number of hydrogen-bond donors (Lipinski definition) is 0. The fourth-order valence-electron chi connectivity index (χ4n) is 4.73. The van der Waals surface area contributed by atoms with E-state index in [0.717, 1.165) is 37.9 Å².